The highest BCUT2D eigenvalue weighted by molar-refractivity contribution is 9.11. The molecule has 0 aromatic rings. The fourth-order valence-corrected chi connectivity index (χ4v) is 2.12. The zero-order valence-corrected chi connectivity index (χ0v) is 9.25. The van der Waals surface area contributed by atoms with Crippen molar-refractivity contribution in [1.29, 1.82) is 0 Å². The number of carbonyl (C=O) groups is 1. The lowest BCUT2D eigenvalue weighted by Crippen LogP contribution is -2.24. The van der Waals surface area contributed by atoms with Gasteiger partial charge >= 0.3 is 5.97 Å². The maximum Gasteiger partial charge on any atom is 0.308 e. The van der Waals surface area contributed by atoms with Crippen molar-refractivity contribution in [1.82, 2.24) is 4.90 Å². The Kier molecular flexibility index (Phi) is 3.50. The number of halogens is 1. The van der Waals surface area contributed by atoms with E-state index in [0.717, 1.165) is 17.6 Å². The van der Waals surface area contributed by atoms with Crippen molar-refractivity contribution >= 4 is 21.9 Å². The summed E-state index contributed by atoms with van der Waals surface area (Å²) in [5, 5.41) is 8.87. The van der Waals surface area contributed by atoms with Crippen molar-refractivity contribution in [3.8, 4) is 0 Å². The molecule has 2 unspecified atom stereocenters. The fraction of sp³-hybridized carbons (Fsp3) is 0.667. The Bertz CT molecular complexity index is 230. The standard InChI is InChI=1S/C9H14BrNO2/c1-6-3-11(4-7(2)10)5-8(6)9(12)13/h6,8H,2-5H2,1H3,(H,12,13). The van der Waals surface area contributed by atoms with Crippen LogP contribution in [0.2, 0.25) is 0 Å². The molecule has 1 fully saturated rings. The van der Waals surface area contributed by atoms with E-state index in [9.17, 15) is 4.79 Å². The molecule has 1 N–H and O–H groups in total. The third-order valence-corrected chi connectivity index (χ3v) is 2.65. The number of aliphatic carboxylic acids is 1. The molecule has 3 nitrogen and oxygen atoms in total. The van der Waals surface area contributed by atoms with E-state index in [-0.39, 0.29) is 11.8 Å². The average Bonchev–Trinajstić information content (AvgIpc) is 2.29. The van der Waals surface area contributed by atoms with Crippen LogP contribution >= 0.6 is 15.9 Å². The SMILES string of the molecule is C=C(Br)CN1CC(C)C(C(=O)O)C1. The van der Waals surface area contributed by atoms with E-state index in [4.69, 9.17) is 5.11 Å². The van der Waals surface area contributed by atoms with E-state index < -0.39 is 5.97 Å². The molecule has 0 aliphatic carbocycles. The molecule has 74 valence electrons. The van der Waals surface area contributed by atoms with Crippen LogP contribution in [0.4, 0.5) is 0 Å². The van der Waals surface area contributed by atoms with E-state index >= 15 is 0 Å². The molecule has 0 amide bonds. The minimum Gasteiger partial charge on any atom is -0.481 e. The quantitative estimate of drug-likeness (QED) is 0.823. The molecule has 1 aliphatic heterocycles. The third-order valence-electron chi connectivity index (χ3n) is 2.40. The summed E-state index contributed by atoms with van der Waals surface area (Å²) in [6.45, 7) is 7.96. The molecule has 0 aromatic heterocycles. The van der Waals surface area contributed by atoms with Crippen LogP contribution in [0.15, 0.2) is 11.1 Å². The zero-order chi connectivity index (χ0) is 10.0. The Labute approximate surface area is 86.5 Å². The maximum absolute atomic E-state index is 10.8. The highest BCUT2D eigenvalue weighted by atomic mass is 79.9. The van der Waals surface area contributed by atoms with Gasteiger partial charge in [0.15, 0.2) is 0 Å². The molecule has 0 bridgehead atoms. The van der Waals surface area contributed by atoms with Gasteiger partial charge in [0.1, 0.15) is 0 Å². The van der Waals surface area contributed by atoms with Gasteiger partial charge in [-0.2, -0.15) is 0 Å². The predicted molar refractivity (Wildman–Crippen MR) is 54.8 cm³/mol. The lowest BCUT2D eigenvalue weighted by molar-refractivity contribution is -0.142. The van der Waals surface area contributed by atoms with Gasteiger partial charge in [-0.25, -0.2) is 0 Å². The molecule has 0 spiro atoms. The number of hydrogen-bond acceptors (Lipinski definition) is 2. The maximum atomic E-state index is 10.8. The van der Waals surface area contributed by atoms with Crippen molar-refractivity contribution in [2.45, 2.75) is 6.92 Å². The third kappa shape index (κ3) is 2.81. The van der Waals surface area contributed by atoms with Crippen LogP contribution in [-0.2, 0) is 4.79 Å². The van der Waals surface area contributed by atoms with E-state index in [2.05, 4.69) is 27.4 Å². The Morgan fingerprint density at radius 3 is 2.69 bits per heavy atom. The Morgan fingerprint density at radius 1 is 1.69 bits per heavy atom. The Balaban J connectivity index is 2.50. The lowest BCUT2D eigenvalue weighted by Gasteiger charge is -2.13. The van der Waals surface area contributed by atoms with E-state index in [1.54, 1.807) is 0 Å². The molecule has 0 saturated carbocycles. The average molecular weight is 248 g/mol. The summed E-state index contributed by atoms with van der Waals surface area (Å²) < 4.78 is 0.908. The molecular weight excluding hydrogens is 234 g/mol. The second-order valence-electron chi connectivity index (χ2n) is 3.63. The van der Waals surface area contributed by atoms with Crippen LogP contribution < -0.4 is 0 Å². The van der Waals surface area contributed by atoms with Crippen LogP contribution in [0.25, 0.3) is 0 Å². The van der Waals surface area contributed by atoms with E-state index in [1.165, 1.54) is 0 Å². The molecule has 13 heavy (non-hydrogen) atoms. The summed E-state index contributed by atoms with van der Waals surface area (Å²) in [6, 6.07) is 0. The van der Waals surface area contributed by atoms with E-state index in [1.807, 2.05) is 6.92 Å². The molecule has 1 rings (SSSR count). The van der Waals surface area contributed by atoms with Gasteiger partial charge in [-0.15, -0.1) is 0 Å². The van der Waals surface area contributed by atoms with Crippen molar-refractivity contribution in [2.24, 2.45) is 11.8 Å². The first kappa shape index (κ1) is 10.7. The predicted octanol–water partition coefficient (Wildman–Crippen LogP) is 1.55. The summed E-state index contributed by atoms with van der Waals surface area (Å²) >= 11 is 3.28. The van der Waals surface area contributed by atoms with Gasteiger partial charge in [0.05, 0.1) is 5.92 Å². The number of hydrogen-bond donors (Lipinski definition) is 1. The molecule has 0 radical (unpaired) electrons. The van der Waals surface area contributed by atoms with Crippen LogP contribution in [0.3, 0.4) is 0 Å². The molecule has 1 saturated heterocycles. The van der Waals surface area contributed by atoms with Crippen LogP contribution in [0, 0.1) is 11.8 Å². The summed E-state index contributed by atoms with van der Waals surface area (Å²) in [6.07, 6.45) is 0. The minimum atomic E-state index is -0.685. The summed E-state index contributed by atoms with van der Waals surface area (Å²) in [4.78, 5) is 12.9. The number of likely N-dealkylation sites (tertiary alicyclic amines) is 1. The fourth-order valence-electron chi connectivity index (χ4n) is 1.76. The molecular formula is C9H14BrNO2. The first-order valence-electron chi connectivity index (χ1n) is 4.29. The van der Waals surface area contributed by atoms with Gasteiger partial charge in [-0.3, -0.25) is 9.69 Å². The highest BCUT2D eigenvalue weighted by Crippen LogP contribution is 2.24. The second kappa shape index (κ2) is 4.24. The number of nitrogens with zero attached hydrogens (tertiary/aromatic N) is 1. The summed E-state index contributed by atoms with van der Waals surface area (Å²) in [7, 11) is 0. The van der Waals surface area contributed by atoms with Crippen LogP contribution in [0.5, 0.6) is 0 Å². The molecule has 0 aromatic carbocycles. The van der Waals surface area contributed by atoms with Crippen molar-refractivity contribution in [2.75, 3.05) is 19.6 Å². The highest BCUT2D eigenvalue weighted by Gasteiger charge is 2.34. The minimum absolute atomic E-state index is 0.216. The molecule has 2 atom stereocenters. The first-order chi connectivity index (χ1) is 6.00. The van der Waals surface area contributed by atoms with Crippen LogP contribution in [0.1, 0.15) is 6.92 Å². The van der Waals surface area contributed by atoms with Gasteiger partial charge < -0.3 is 5.11 Å². The van der Waals surface area contributed by atoms with Crippen molar-refractivity contribution in [3.05, 3.63) is 11.1 Å². The summed E-state index contributed by atoms with van der Waals surface area (Å²) in [5.41, 5.74) is 0. The van der Waals surface area contributed by atoms with Gasteiger partial charge in [0.25, 0.3) is 0 Å². The van der Waals surface area contributed by atoms with Crippen LogP contribution in [-0.4, -0.2) is 35.6 Å². The number of rotatable bonds is 3. The van der Waals surface area contributed by atoms with Gasteiger partial charge in [-0.1, -0.05) is 29.4 Å². The Hall–Kier alpha value is -0.350. The van der Waals surface area contributed by atoms with Gasteiger partial charge in [-0.05, 0) is 5.92 Å². The topological polar surface area (TPSA) is 40.5 Å². The second-order valence-corrected chi connectivity index (χ2v) is 4.75. The van der Waals surface area contributed by atoms with Gasteiger partial charge in [0.2, 0.25) is 0 Å². The normalized spacial score (nSPS) is 29.1. The monoisotopic (exact) mass is 247 g/mol. The lowest BCUT2D eigenvalue weighted by atomic mass is 9.99. The number of carboxylic acids is 1. The largest absolute Gasteiger partial charge is 0.481 e. The molecule has 4 heteroatoms. The van der Waals surface area contributed by atoms with E-state index in [0.29, 0.717) is 6.54 Å². The molecule has 1 aliphatic rings. The van der Waals surface area contributed by atoms with Gasteiger partial charge in [0, 0.05) is 24.1 Å². The first-order valence-corrected chi connectivity index (χ1v) is 5.08. The van der Waals surface area contributed by atoms with Crippen molar-refractivity contribution in [3.63, 3.8) is 0 Å². The summed E-state index contributed by atoms with van der Waals surface area (Å²) in [5.74, 6) is -0.661. The Morgan fingerprint density at radius 2 is 2.31 bits per heavy atom. The van der Waals surface area contributed by atoms with Crippen molar-refractivity contribution < 1.29 is 9.90 Å². The zero-order valence-electron chi connectivity index (χ0n) is 7.66. The smallest absolute Gasteiger partial charge is 0.308 e. The molecule has 1 heterocycles. The number of carboxylic acid groups (broad SMARTS) is 1.